The molecule has 0 spiro atoms. The summed E-state index contributed by atoms with van der Waals surface area (Å²) in [4.78, 5) is 29.8. The number of hydrogen-bond acceptors (Lipinski definition) is 5. The molecule has 0 bridgehead atoms. The minimum absolute atomic E-state index is 0.272. The molecule has 3 heterocycles. The SMILES string of the molecule is Cc1nc(N2CCN(C(=O)C3CCCCC3)CC2)c2c3c(sc2n1)C[C@H](C)CC3. The number of hydrogen-bond donors (Lipinski definition) is 0. The van der Waals surface area contributed by atoms with Gasteiger partial charge in [0.25, 0.3) is 0 Å². The Morgan fingerprint density at radius 1 is 1.03 bits per heavy atom. The van der Waals surface area contributed by atoms with Gasteiger partial charge < -0.3 is 9.80 Å². The Morgan fingerprint density at radius 2 is 1.79 bits per heavy atom. The highest BCUT2D eigenvalue weighted by Gasteiger charge is 2.31. The van der Waals surface area contributed by atoms with Crippen LogP contribution in [0.4, 0.5) is 5.82 Å². The zero-order valence-corrected chi connectivity index (χ0v) is 18.6. The number of piperazine rings is 1. The number of thiophene rings is 1. The lowest BCUT2D eigenvalue weighted by molar-refractivity contribution is -0.136. The first-order chi connectivity index (χ1) is 14.1. The van der Waals surface area contributed by atoms with Crippen molar-refractivity contribution in [1.82, 2.24) is 14.9 Å². The van der Waals surface area contributed by atoms with Gasteiger partial charge in [-0.25, -0.2) is 9.97 Å². The van der Waals surface area contributed by atoms with Gasteiger partial charge in [-0.15, -0.1) is 11.3 Å². The summed E-state index contributed by atoms with van der Waals surface area (Å²) >= 11 is 1.88. The zero-order valence-electron chi connectivity index (χ0n) is 17.7. The summed E-state index contributed by atoms with van der Waals surface area (Å²) in [6, 6.07) is 0. The number of rotatable bonds is 2. The Hall–Kier alpha value is -1.69. The van der Waals surface area contributed by atoms with E-state index < -0.39 is 0 Å². The average Bonchev–Trinajstić information content (AvgIpc) is 3.10. The molecule has 1 amide bonds. The average molecular weight is 413 g/mol. The van der Waals surface area contributed by atoms with Crippen LogP contribution in [0.15, 0.2) is 0 Å². The van der Waals surface area contributed by atoms with E-state index >= 15 is 0 Å². The molecule has 0 unspecified atom stereocenters. The molecular weight excluding hydrogens is 380 g/mol. The number of carbonyl (C=O) groups excluding carboxylic acids is 1. The fourth-order valence-corrected chi connectivity index (χ4v) is 6.82. The van der Waals surface area contributed by atoms with Gasteiger partial charge in [-0.3, -0.25) is 4.79 Å². The molecule has 0 aromatic carbocycles. The predicted molar refractivity (Wildman–Crippen MR) is 119 cm³/mol. The minimum atomic E-state index is 0.272. The fraction of sp³-hybridized carbons (Fsp3) is 0.696. The van der Waals surface area contributed by atoms with Crippen LogP contribution in [0.3, 0.4) is 0 Å². The molecule has 1 aliphatic heterocycles. The number of anilines is 1. The van der Waals surface area contributed by atoms with Gasteiger partial charge in [-0.2, -0.15) is 0 Å². The molecule has 0 N–H and O–H groups in total. The number of fused-ring (bicyclic) bond motifs is 3. The fourth-order valence-electron chi connectivity index (χ4n) is 5.40. The maximum Gasteiger partial charge on any atom is 0.225 e. The van der Waals surface area contributed by atoms with E-state index in [2.05, 4.69) is 16.7 Å². The molecule has 1 saturated carbocycles. The first-order valence-corrected chi connectivity index (χ1v) is 12.2. The van der Waals surface area contributed by atoms with Gasteiger partial charge >= 0.3 is 0 Å². The van der Waals surface area contributed by atoms with Crippen LogP contribution in [0.25, 0.3) is 10.2 Å². The smallest absolute Gasteiger partial charge is 0.225 e. The van der Waals surface area contributed by atoms with Gasteiger partial charge in [0.15, 0.2) is 0 Å². The molecule has 5 rings (SSSR count). The highest BCUT2D eigenvalue weighted by Crippen LogP contribution is 2.41. The van der Waals surface area contributed by atoms with E-state index in [1.807, 2.05) is 18.3 Å². The third kappa shape index (κ3) is 3.65. The molecular formula is C23H32N4OS. The van der Waals surface area contributed by atoms with Crippen molar-refractivity contribution in [3.63, 3.8) is 0 Å². The van der Waals surface area contributed by atoms with Crippen LogP contribution in [0, 0.1) is 18.8 Å². The normalized spacial score (nSPS) is 23.4. The van der Waals surface area contributed by atoms with E-state index in [0.29, 0.717) is 5.91 Å². The molecule has 2 fully saturated rings. The first kappa shape index (κ1) is 19.3. The van der Waals surface area contributed by atoms with Crippen molar-refractivity contribution in [2.45, 2.75) is 65.2 Å². The number of carbonyl (C=O) groups is 1. The van der Waals surface area contributed by atoms with Crippen LogP contribution in [-0.2, 0) is 17.6 Å². The van der Waals surface area contributed by atoms with Crippen LogP contribution in [0.5, 0.6) is 0 Å². The van der Waals surface area contributed by atoms with Crippen molar-refractivity contribution in [3.8, 4) is 0 Å². The molecule has 156 valence electrons. The lowest BCUT2D eigenvalue weighted by Gasteiger charge is -2.38. The second kappa shape index (κ2) is 7.86. The van der Waals surface area contributed by atoms with Crippen LogP contribution < -0.4 is 4.90 Å². The largest absolute Gasteiger partial charge is 0.352 e. The standard InChI is InChI=1S/C23H32N4OS/c1-15-8-9-18-19(14-15)29-22-20(18)21(24-16(2)25-22)26-10-12-27(13-11-26)23(28)17-6-4-3-5-7-17/h15,17H,3-14H2,1-2H3/t15-/m1/s1. The first-order valence-electron chi connectivity index (χ1n) is 11.4. The van der Waals surface area contributed by atoms with Gasteiger partial charge in [-0.05, 0) is 50.5 Å². The molecule has 2 aliphatic carbocycles. The Morgan fingerprint density at radius 3 is 2.55 bits per heavy atom. The summed E-state index contributed by atoms with van der Waals surface area (Å²) in [5.74, 6) is 3.41. The molecule has 6 heteroatoms. The molecule has 29 heavy (non-hydrogen) atoms. The summed E-state index contributed by atoms with van der Waals surface area (Å²) in [6.07, 6.45) is 9.50. The number of amides is 1. The Kier molecular flexibility index (Phi) is 5.23. The van der Waals surface area contributed by atoms with E-state index in [9.17, 15) is 4.79 Å². The van der Waals surface area contributed by atoms with Gasteiger partial charge in [0, 0.05) is 37.0 Å². The molecule has 2 aromatic heterocycles. The second-order valence-corrected chi connectivity index (χ2v) is 10.4. The summed E-state index contributed by atoms with van der Waals surface area (Å²) < 4.78 is 0. The molecule has 2 aromatic rings. The lowest BCUT2D eigenvalue weighted by atomic mass is 9.88. The van der Waals surface area contributed by atoms with Crippen molar-refractivity contribution in [1.29, 1.82) is 0 Å². The van der Waals surface area contributed by atoms with Crippen LogP contribution in [0.1, 0.15) is 61.7 Å². The molecule has 3 aliphatic rings. The highest BCUT2D eigenvalue weighted by molar-refractivity contribution is 7.19. The van der Waals surface area contributed by atoms with Gasteiger partial charge in [0.1, 0.15) is 16.5 Å². The van der Waals surface area contributed by atoms with Crippen molar-refractivity contribution < 1.29 is 4.79 Å². The van der Waals surface area contributed by atoms with Crippen LogP contribution >= 0.6 is 11.3 Å². The second-order valence-electron chi connectivity index (χ2n) is 9.27. The van der Waals surface area contributed by atoms with Gasteiger partial charge in [0.05, 0.1) is 5.39 Å². The molecule has 0 radical (unpaired) electrons. The van der Waals surface area contributed by atoms with E-state index in [1.165, 1.54) is 47.9 Å². The summed E-state index contributed by atoms with van der Waals surface area (Å²) in [5.41, 5.74) is 1.50. The van der Waals surface area contributed by atoms with E-state index in [4.69, 9.17) is 9.97 Å². The minimum Gasteiger partial charge on any atom is -0.352 e. The molecule has 5 nitrogen and oxygen atoms in total. The van der Waals surface area contributed by atoms with Crippen LogP contribution in [-0.4, -0.2) is 47.0 Å². The topological polar surface area (TPSA) is 49.3 Å². The molecule has 1 saturated heterocycles. The quantitative estimate of drug-likeness (QED) is 0.736. The van der Waals surface area contributed by atoms with Gasteiger partial charge in [0.2, 0.25) is 5.91 Å². The van der Waals surface area contributed by atoms with E-state index in [-0.39, 0.29) is 5.92 Å². The van der Waals surface area contributed by atoms with Gasteiger partial charge in [-0.1, -0.05) is 26.2 Å². The van der Waals surface area contributed by atoms with E-state index in [1.54, 1.807) is 0 Å². The molecule has 1 atom stereocenters. The number of aromatic nitrogens is 2. The summed E-state index contributed by atoms with van der Waals surface area (Å²) in [6.45, 7) is 7.77. The Balaban J connectivity index is 1.37. The Bertz CT molecular complexity index is 909. The van der Waals surface area contributed by atoms with Crippen molar-refractivity contribution >= 4 is 33.3 Å². The van der Waals surface area contributed by atoms with Crippen molar-refractivity contribution in [3.05, 3.63) is 16.3 Å². The third-order valence-electron chi connectivity index (χ3n) is 7.09. The highest BCUT2D eigenvalue weighted by atomic mass is 32.1. The van der Waals surface area contributed by atoms with Crippen molar-refractivity contribution in [2.24, 2.45) is 11.8 Å². The zero-order chi connectivity index (χ0) is 20.0. The maximum absolute atomic E-state index is 12.9. The van der Waals surface area contributed by atoms with Crippen LogP contribution in [0.2, 0.25) is 0 Å². The summed E-state index contributed by atoms with van der Waals surface area (Å²) in [5, 5.41) is 1.30. The number of aryl methyl sites for hydroxylation is 2. The Labute approximate surface area is 177 Å². The summed E-state index contributed by atoms with van der Waals surface area (Å²) in [7, 11) is 0. The monoisotopic (exact) mass is 412 g/mol. The van der Waals surface area contributed by atoms with Crippen molar-refractivity contribution in [2.75, 3.05) is 31.1 Å². The van der Waals surface area contributed by atoms with E-state index in [0.717, 1.165) is 67.8 Å². The third-order valence-corrected chi connectivity index (χ3v) is 8.24. The maximum atomic E-state index is 12.9. The lowest BCUT2D eigenvalue weighted by Crippen LogP contribution is -2.51. The predicted octanol–water partition coefficient (Wildman–Crippen LogP) is 4.35. The number of nitrogens with zero attached hydrogens (tertiary/aromatic N) is 4.